The van der Waals surface area contributed by atoms with Crippen LogP contribution < -0.4 is 0 Å². The van der Waals surface area contributed by atoms with Crippen molar-refractivity contribution in [1.29, 1.82) is 0 Å². The van der Waals surface area contributed by atoms with Gasteiger partial charge in [-0.15, -0.1) is 23.5 Å². The lowest BCUT2D eigenvalue weighted by Gasteiger charge is -2.57. The summed E-state index contributed by atoms with van der Waals surface area (Å²) in [4.78, 5) is 3.29. The van der Waals surface area contributed by atoms with E-state index in [-0.39, 0.29) is 0 Å². The second-order valence-electron chi connectivity index (χ2n) is 12.2. The highest BCUT2D eigenvalue weighted by molar-refractivity contribution is 8.04. The molecule has 1 saturated carbocycles. The van der Waals surface area contributed by atoms with Crippen molar-refractivity contribution in [3.05, 3.63) is 105 Å². The van der Waals surface area contributed by atoms with Gasteiger partial charge in [0, 0.05) is 26.7 Å². The zero-order chi connectivity index (χ0) is 24.3. The third-order valence-electron chi connectivity index (χ3n) is 9.75. The number of thioether (sulfide) groups is 2. The fraction of sp³-hybridized carbons (Fsp3) is 0.471. The topological polar surface area (TPSA) is 0 Å². The van der Waals surface area contributed by atoms with Crippen LogP contribution in [-0.2, 0) is 6.42 Å². The van der Waals surface area contributed by atoms with Crippen molar-refractivity contribution >= 4 is 23.5 Å². The fourth-order valence-electron chi connectivity index (χ4n) is 8.00. The van der Waals surface area contributed by atoms with Crippen LogP contribution >= 0.6 is 23.5 Å². The minimum absolute atomic E-state index is 0.350. The predicted octanol–water partition coefficient (Wildman–Crippen LogP) is 9.45. The van der Waals surface area contributed by atoms with Gasteiger partial charge in [0.05, 0.1) is 0 Å². The number of hydrogen-bond donors (Lipinski definition) is 0. The molecule has 4 aliphatic carbocycles. The van der Waals surface area contributed by atoms with Crippen molar-refractivity contribution in [2.45, 2.75) is 69.3 Å². The van der Waals surface area contributed by atoms with E-state index < -0.39 is 0 Å². The first-order valence-electron chi connectivity index (χ1n) is 14.2. The Morgan fingerprint density at radius 1 is 0.917 bits per heavy atom. The molecule has 2 fully saturated rings. The van der Waals surface area contributed by atoms with E-state index >= 15 is 0 Å². The maximum absolute atomic E-state index is 2.62. The van der Waals surface area contributed by atoms with Crippen molar-refractivity contribution in [2.75, 3.05) is 0 Å². The molecule has 2 aliphatic heterocycles. The molecule has 0 spiro atoms. The van der Waals surface area contributed by atoms with Gasteiger partial charge in [0.15, 0.2) is 0 Å². The first-order chi connectivity index (χ1) is 17.6. The van der Waals surface area contributed by atoms with E-state index in [2.05, 4.69) is 110 Å². The lowest BCUT2D eigenvalue weighted by atomic mass is 9.47. The van der Waals surface area contributed by atoms with Gasteiger partial charge in [-0.3, -0.25) is 0 Å². The van der Waals surface area contributed by atoms with Gasteiger partial charge in [-0.05, 0) is 78.7 Å². The average molecular weight is 511 g/mol. The minimum Gasteiger partial charge on any atom is -0.127 e. The van der Waals surface area contributed by atoms with Crippen LogP contribution in [0.2, 0.25) is 0 Å². The number of hydrogen-bond acceptors (Lipinski definition) is 2. The molecule has 0 nitrogen and oxygen atoms in total. The first kappa shape index (κ1) is 23.5. The molecule has 0 aromatic heterocycles. The highest BCUT2D eigenvalue weighted by Gasteiger charge is 2.60. The summed E-state index contributed by atoms with van der Waals surface area (Å²) in [5.41, 5.74) is 7.06. The highest BCUT2D eigenvalue weighted by atomic mass is 32.2. The van der Waals surface area contributed by atoms with Gasteiger partial charge in [0.25, 0.3) is 0 Å². The lowest BCUT2D eigenvalue weighted by molar-refractivity contribution is 0.112. The van der Waals surface area contributed by atoms with Crippen molar-refractivity contribution in [3.8, 4) is 0 Å². The second kappa shape index (κ2) is 9.28. The van der Waals surface area contributed by atoms with Crippen molar-refractivity contribution < 1.29 is 0 Å². The summed E-state index contributed by atoms with van der Waals surface area (Å²) in [6.07, 6.45) is 26.3. The van der Waals surface area contributed by atoms with Crippen LogP contribution in [0, 0.1) is 29.1 Å². The van der Waals surface area contributed by atoms with E-state index in [9.17, 15) is 0 Å². The summed E-state index contributed by atoms with van der Waals surface area (Å²) in [5, 5.41) is 1.53. The third-order valence-corrected chi connectivity index (χ3v) is 12.7. The molecule has 1 aromatic carbocycles. The van der Waals surface area contributed by atoms with E-state index in [0.29, 0.717) is 17.3 Å². The summed E-state index contributed by atoms with van der Waals surface area (Å²) < 4.78 is 0. The number of allylic oxidation sites excluding steroid dienone is 11. The van der Waals surface area contributed by atoms with E-state index in [4.69, 9.17) is 0 Å². The molecule has 2 heterocycles. The van der Waals surface area contributed by atoms with Gasteiger partial charge in [0.1, 0.15) is 0 Å². The third kappa shape index (κ3) is 3.99. The van der Waals surface area contributed by atoms with E-state index in [1.54, 1.807) is 26.5 Å². The normalized spacial score (nSPS) is 37.9. The Labute approximate surface area is 226 Å². The van der Waals surface area contributed by atoms with Crippen LogP contribution in [0.4, 0.5) is 0 Å². The van der Waals surface area contributed by atoms with Gasteiger partial charge in [-0.2, -0.15) is 0 Å². The summed E-state index contributed by atoms with van der Waals surface area (Å²) in [7, 11) is 0. The molecule has 2 heteroatoms. The van der Waals surface area contributed by atoms with Crippen molar-refractivity contribution in [3.63, 3.8) is 0 Å². The quantitative estimate of drug-likeness (QED) is 0.374. The van der Waals surface area contributed by atoms with Crippen LogP contribution in [0.25, 0.3) is 0 Å². The Morgan fingerprint density at radius 2 is 1.78 bits per heavy atom. The number of aryl methyl sites for hydroxylation is 1. The van der Waals surface area contributed by atoms with Crippen molar-refractivity contribution in [1.82, 2.24) is 0 Å². The second-order valence-corrected chi connectivity index (χ2v) is 14.9. The average Bonchev–Trinajstić information content (AvgIpc) is 3.43. The Balaban J connectivity index is 1.01. The van der Waals surface area contributed by atoms with Gasteiger partial charge >= 0.3 is 0 Å². The molecular formula is C34H38S2. The zero-order valence-electron chi connectivity index (χ0n) is 21.7. The Hall–Kier alpha value is -1.64. The monoisotopic (exact) mass is 510 g/mol. The summed E-state index contributed by atoms with van der Waals surface area (Å²) in [6, 6.07) is 11.1. The number of benzene rings is 1. The molecule has 0 radical (unpaired) electrons. The van der Waals surface area contributed by atoms with Crippen LogP contribution in [0.1, 0.15) is 57.9 Å². The summed E-state index contributed by atoms with van der Waals surface area (Å²) >= 11 is 4.39. The molecule has 186 valence electrons. The van der Waals surface area contributed by atoms with Crippen LogP contribution in [-0.4, -0.2) is 10.5 Å². The van der Waals surface area contributed by atoms with Gasteiger partial charge in [0.2, 0.25) is 0 Å². The highest BCUT2D eigenvalue weighted by Crippen LogP contribution is 2.70. The molecule has 1 saturated heterocycles. The fourth-order valence-corrected chi connectivity index (χ4v) is 11.0. The Morgan fingerprint density at radius 3 is 2.64 bits per heavy atom. The molecular weight excluding hydrogens is 473 g/mol. The molecule has 0 N–H and O–H groups in total. The minimum atomic E-state index is 0.350. The van der Waals surface area contributed by atoms with E-state index in [0.717, 1.165) is 22.3 Å². The lowest BCUT2D eigenvalue weighted by Crippen LogP contribution is -2.50. The van der Waals surface area contributed by atoms with Gasteiger partial charge in [-0.25, -0.2) is 0 Å². The zero-order valence-corrected chi connectivity index (χ0v) is 23.3. The van der Waals surface area contributed by atoms with Crippen LogP contribution in [0.5, 0.6) is 0 Å². The molecule has 0 amide bonds. The maximum Gasteiger partial charge on any atom is 0.0135 e. The summed E-state index contributed by atoms with van der Waals surface area (Å²) in [6.45, 7) is 4.94. The number of fused-ring (bicyclic) bond motifs is 7. The van der Waals surface area contributed by atoms with E-state index in [1.807, 2.05) is 0 Å². The molecule has 0 bridgehead atoms. The van der Waals surface area contributed by atoms with Crippen LogP contribution in [0.15, 0.2) is 99.4 Å². The van der Waals surface area contributed by atoms with Crippen LogP contribution in [0.3, 0.4) is 0 Å². The molecule has 7 rings (SSSR count). The molecule has 7 atom stereocenters. The smallest absolute Gasteiger partial charge is 0.0135 e. The standard InChI is InChI=1S/C34H38S2/c1-22-7-6-10-24(19-22)12-13-25-20-29-30(35-25)17-15-27-32(29)28-16-18-31-34(2,33(27)28)21-26(36-31)14-11-23-8-4-3-5-9-23/h3-10,15-18,22,25-27,32-33H,11-14,19-21H2,1-2H3. The maximum atomic E-state index is 2.62. The van der Waals surface area contributed by atoms with Gasteiger partial charge < -0.3 is 0 Å². The largest absolute Gasteiger partial charge is 0.127 e. The summed E-state index contributed by atoms with van der Waals surface area (Å²) in [5.74, 6) is 2.87. The predicted molar refractivity (Wildman–Crippen MR) is 158 cm³/mol. The SMILES string of the molecule is CC1C=CC=C(CCC2CC3=C(C=CC4C3C3=CC=C5SC(CCc6ccccc6)CC5(C)C34)S2)C1. The van der Waals surface area contributed by atoms with Gasteiger partial charge in [-0.1, -0.05) is 97.9 Å². The first-order valence-corrected chi connectivity index (χ1v) is 15.9. The molecule has 36 heavy (non-hydrogen) atoms. The molecule has 1 aromatic rings. The van der Waals surface area contributed by atoms with Crippen molar-refractivity contribution in [2.24, 2.45) is 29.1 Å². The number of rotatable bonds is 6. The Kier molecular flexibility index (Phi) is 6.05. The molecule has 6 aliphatic rings. The Bertz CT molecular complexity index is 1220. The molecule has 7 unspecified atom stereocenters. The van der Waals surface area contributed by atoms with E-state index in [1.165, 1.54) is 50.5 Å².